The summed E-state index contributed by atoms with van der Waals surface area (Å²) in [5.41, 5.74) is 2.57. The van der Waals surface area contributed by atoms with Gasteiger partial charge in [-0.1, -0.05) is 96.2 Å². The number of aromatic nitrogens is 4. The smallest absolute Gasteiger partial charge is 0.275 e. The van der Waals surface area contributed by atoms with Crippen LogP contribution in [0.4, 0.5) is 0 Å². The summed E-state index contributed by atoms with van der Waals surface area (Å²) in [5, 5.41) is 33.2. The Morgan fingerprint density at radius 1 is 0.885 bits per heavy atom. The number of benzene rings is 1. The lowest BCUT2D eigenvalue weighted by atomic mass is 9.90. The maximum Gasteiger partial charge on any atom is 0.275 e. The zero-order valence-electron chi connectivity index (χ0n) is 29.6. The van der Waals surface area contributed by atoms with E-state index in [1.54, 1.807) is 6.92 Å². The lowest BCUT2D eigenvalue weighted by Gasteiger charge is -2.20. The van der Waals surface area contributed by atoms with Crippen LogP contribution in [-0.4, -0.2) is 55.2 Å². The van der Waals surface area contributed by atoms with Crippen molar-refractivity contribution in [2.75, 3.05) is 13.6 Å². The summed E-state index contributed by atoms with van der Waals surface area (Å²) in [6, 6.07) is 9.92. The maximum atomic E-state index is 12.0. The highest BCUT2D eigenvalue weighted by Crippen LogP contribution is 2.54. The molecule has 52 heavy (non-hydrogen) atoms. The Bertz CT molecular complexity index is 2120. The van der Waals surface area contributed by atoms with E-state index in [-0.39, 0.29) is 22.7 Å². The van der Waals surface area contributed by atoms with Gasteiger partial charge in [0.2, 0.25) is 0 Å². The van der Waals surface area contributed by atoms with Crippen molar-refractivity contribution in [1.29, 1.82) is 0 Å². The van der Waals surface area contributed by atoms with Crippen molar-refractivity contribution in [3.63, 3.8) is 0 Å². The minimum Gasteiger partial charge on any atom is -0.503 e. The second-order valence-electron chi connectivity index (χ2n) is 12.9. The molecule has 3 aliphatic carbocycles. The first-order valence-electron chi connectivity index (χ1n) is 17.3. The van der Waals surface area contributed by atoms with Gasteiger partial charge in [0.15, 0.2) is 22.9 Å². The fourth-order valence-electron chi connectivity index (χ4n) is 6.15. The van der Waals surface area contributed by atoms with Gasteiger partial charge in [-0.25, -0.2) is 0 Å². The molecular formula is C40H44N6O6. The highest BCUT2D eigenvalue weighted by atomic mass is 16.3. The summed E-state index contributed by atoms with van der Waals surface area (Å²) >= 11 is 0. The second kappa shape index (κ2) is 16.8. The van der Waals surface area contributed by atoms with E-state index in [9.17, 15) is 29.4 Å². The predicted octanol–water partition coefficient (Wildman–Crippen LogP) is 4.85. The number of carbonyl (C=O) groups is 2. The fraction of sp³-hybridized carbons (Fsp3) is 0.300. The van der Waals surface area contributed by atoms with Crippen LogP contribution in [-0.2, 0) is 13.1 Å². The van der Waals surface area contributed by atoms with Gasteiger partial charge in [-0.3, -0.25) is 28.5 Å². The third-order valence-electron chi connectivity index (χ3n) is 9.14. The Morgan fingerprint density at radius 3 is 2.23 bits per heavy atom. The lowest BCUT2D eigenvalue weighted by molar-refractivity contribution is 0.0941. The standard InChI is InChI=1S/C21H21N3O3.C19H23N3O3/c1-22-21(27)19-20(26)18(25)14-24(23-19)13-17(16-11-7-4-8-12-16)15-9-5-2-3-6-10-15;1-3-20-18(25)16-17(24)15(23)11-22(21-16)12-19(9-10-19)14-6-4-5-13(2)7-8-14/h2,4-12,14,17,25H,3,13H2,1H3,(H,22,27);4-5,7-8,11,23H,3,6,9-10,12H2,1-2H3,(H,20,25). The molecule has 2 aromatic heterocycles. The molecule has 12 nitrogen and oxygen atoms in total. The number of allylic oxidation sites excluding steroid dienone is 12. The van der Waals surface area contributed by atoms with Gasteiger partial charge < -0.3 is 20.8 Å². The zero-order chi connectivity index (χ0) is 37.3. The van der Waals surface area contributed by atoms with Gasteiger partial charge in [-0.05, 0) is 50.7 Å². The fourth-order valence-corrected chi connectivity index (χ4v) is 6.15. The van der Waals surface area contributed by atoms with Crippen LogP contribution in [0.5, 0.6) is 11.5 Å². The Hall–Kier alpha value is -6.04. The van der Waals surface area contributed by atoms with Crippen LogP contribution in [0.1, 0.15) is 72.0 Å². The van der Waals surface area contributed by atoms with E-state index in [0.29, 0.717) is 19.6 Å². The van der Waals surface area contributed by atoms with Crippen LogP contribution in [0.2, 0.25) is 0 Å². The topological polar surface area (TPSA) is 168 Å². The van der Waals surface area contributed by atoms with Gasteiger partial charge >= 0.3 is 0 Å². The van der Waals surface area contributed by atoms with Crippen LogP contribution < -0.4 is 21.5 Å². The van der Waals surface area contributed by atoms with E-state index in [0.717, 1.165) is 36.8 Å². The van der Waals surface area contributed by atoms with E-state index in [1.165, 1.54) is 40.0 Å². The summed E-state index contributed by atoms with van der Waals surface area (Å²) in [6.07, 6.45) is 25.2. The number of amides is 2. The number of rotatable bonds is 10. The zero-order valence-corrected chi connectivity index (χ0v) is 29.6. The lowest BCUT2D eigenvalue weighted by Crippen LogP contribution is -2.32. The third-order valence-corrected chi connectivity index (χ3v) is 9.14. The molecule has 1 atom stereocenters. The number of nitrogens with one attached hydrogen (secondary N) is 2. The van der Waals surface area contributed by atoms with Crippen molar-refractivity contribution < 1.29 is 19.8 Å². The molecule has 0 radical (unpaired) electrons. The summed E-state index contributed by atoms with van der Waals surface area (Å²) in [5.74, 6) is -2.19. The predicted molar refractivity (Wildman–Crippen MR) is 199 cm³/mol. The van der Waals surface area contributed by atoms with E-state index >= 15 is 0 Å². The molecule has 1 aromatic carbocycles. The van der Waals surface area contributed by atoms with E-state index in [2.05, 4.69) is 70.3 Å². The first-order chi connectivity index (χ1) is 25.0. The van der Waals surface area contributed by atoms with Gasteiger partial charge in [-0.15, -0.1) is 0 Å². The van der Waals surface area contributed by atoms with Crippen LogP contribution in [0.25, 0.3) is 0 Å². The minimum atomic E-state index is -0.779. The first-order valence-corrected chi connectivity index (χ1v) is 17.3. The van der Waals surface area contributed by atoms with E-state index < -0.39 is 34.2 Å². The number of hydrogen-bond acceptors (Lipinski definition) is 8. The second-order valence-corrected chi connectivity index (χ2v) is 12.9. The molecule has 0 saturated heterocycles. The molecule has 6 rings (SSSR count). The highest BCUT2D eigenvalue weighted by Gasteiger charge is 2.46. The quantitative estimate of drug-likeness (QED) is 0.232. The molecule has 2 heterocycles. The average molecular weight is 705 g/mol. The normalized spacial score (nSPS) is 16.2. The van der Waals surface area contributed by atoms with Crippen LogP contribution >= 0.6 is 0 Å². The molecule has 12 heteroatoms. The van der Waals surface area contributed by atoms with Gasteiger partial charge in [-0.2, -0.15) is 10.2 Å². The molecule has 1 saturated carbocycles. The van der Waals surface area contributed by atoms with Crippen molar-refractivity contribution in [2.45, 2.75) is 58.5 Å². The molecule has 0 bridgehead atoms. The van der Waals surface area contributed by atoms with Crippen molar-refractivity contribution in [2.24, 2.45) is 5.41 Å². The maximum absolute atomic E-state index is 12.0. The van der Waals surface area contributed by atoms with E-state index in [1.807, 2.05) is 42.5 Å². The van der Waals surface area contributed by atoms with Gasteiger partial charge in [0.1, 0.15) is 0 Å². The number of carbonyl (C=O) groups excluding carboxylic acids is 2. The monoisotopic (exact) mass is 704 g/mol. The van der Waals surface area contributed by atoms with Crippen LogP contribution in [0, 0.1) is 5.41 Å². The molecule has 270 valence electrons. The first kappa shape index (κ1) is 37.2. The Kier molecular flexibility index (Phi) is 12.0. The van der Waals surface area contributed by atoms with Gasteiger partial charge in [0, 0.05) is 24.9 Å². The van der Waals surface area contributed by atoms with Crippen molar-refractivity contribution >= 4 is 11.8 Å². The average Bonchev–Trinajstić information content (AvgIpc) is 3.98. The largest absolute Gasteiger partial charge is 0.503 e. The molecule has 3 aliphatic rings. The third kappa shape index (κ3) is 9.00. The molecule has 0 spiro atoms. The Labute approximate surface area is 301 Å². The molecule has 4 N–H and O–H groups in total. The molecule has 1 fully saturated rings. The Morgan fingerprint density at radius 2 is 1.56 bits per heavy atom. The molecule has 2 amide bonds. The number of nitrogens with zero attached hydrogens (tertiary/aromatic N) is 4. The molecule has 0 aliphatic heterocycles. The SMILES string of the molecule is CCNC(=O)c1nn(CC2(C3=CC=C(C)C=CC3)CC2)cc(O)c1=O.CNC(=O)c1nn(CC(C2=CC=CCC=C2)c2ccccc2)cc(O)c1=O. The summed E-state index contributed by atoms with van der Waals surface area (Å²) < 4.78 is 2.97. The van der Waals surface area contributed by atoms with Crippen molar-refractivity contribution in [3.05, 3.63) is 152 Å². The van der Waals surface area contributed by atoms with Crippen LogP contribution in [0.15, 0.2) is 124 Å². The number of aromatic hydroxyl groups is 2. The van der Waals surface area contributed by atoms with Gasteiger partial charge in [0.05, 0.1) is 25.5 Å². The van der Waals surface area contributed by atoms with E-state index in [4.69, 9.17) is 0 Å². The Balaban J connectivity index is 0.000000202. The minimum absolute atomic E-state index is 0.0154. The molecular weight excluding hydrogens is 660 g/mol. The summed E-state index contributed by atoms with van der Waals surface area (Å²) in [6.45, 7) is 5.13. The summed E-state index contributed by atoms with van der Waals surface area (Å²) in [7, 11) is 1.41. The van der Waals surface area contributed by atoms with Crippen molar-refractivity contribution in [1.82, 2.24) is 30.2 Å². The van der Waals surface area contributed by atoms with Gasteiger partial charge in [0.25, 0.3) is 22.7 Å². The summed E-state index contributed by atoms with van der Waals surface area (Å²) in [4.78, 5) is 47.9. The molecule has 3 aromatic rings. The van der Waals surface area contributed by atoms with Crippen molar-refractivity contribution in [3.8, 4) is 11.5 Å². The highest BCUT2D eigenvalue weighted by molar-refractivity contribution is 5.92. The molecule has 1 unspecified atom stereocenters. The van der Waals surface area contributed by atoms with Crippen LogP contribution in [0.3, 0.4) is 0 Å². The number of hydrogen-bond donors (Lipinski definition) is 4.